The summed E-state index contributed by atoms with van der Waals surface area (Å²) in [5, 5.41) is 9.10. The van der Waals surface area contributed by atoms with Gasteiger partial charge in [0, 0.05) is 12.2 Å². The number of aliphatic carboxylic acids is 1. The van der Waals surface area contributed by atoms with Crippen molar-refractivity contribution in [2.75, 3.05) is 4.90 Å². The lowest BCUT2D eigenvalue weighted by Gasteiger charge is -2.36. The average molecular weight is 330 g/mol. The molecule has 1 aromatic rings. The molecular formula is C15H17F3N2O3. The minimum Gasteiger partial charge on any atom is -0.481 e. The van der Waals surface area contributed by atoms with Crippen LogP contribution in [0.4, 0.5) is 19.0 Å². The quantitative estimate of drug-likeness (QED) is 0.925. The van der Waals surface area contributed by atoms with Gasteiger partial charge in [-0.05, 0) is 37.8 Å². The number of alkyl halides is 3. The number of nitrogens with zero attached hydrogens (tertiary/aromatic N) is 2. The summed E-state index contributed by atoms with van der Waals surface area (Å²) in [6, 6.07) is 2.09. The van der Waals surface area contributed by atoms with Gasteiger partial charge in [0.25, 0.3) is 0 Å². The minimum absolute atomic E-state index is 0.00723. The van der Waals surface area contributed by atoms with E-state index >= 15 is 0 Å². The van der Waals surface area contributed by atoms with Gasteiger partial charge in [-0.25, -0.2) is 4.98 Å². The van der Waals surface area contributed by atoms with E-state index in [9.17, 15) is 22.8 Å². The number of hydrogen-bond donors (Lipinski definition) is 1. The number of carbonyl (C=O) groups excluding carboxylic acids is 1. The van der Waals surface area contributed by atoms with Crippen LogP contribution in [-0.4, -0.2) is 34.2 Å². The normalized spacial score (nSPS) is 21.7. The lowest BCUT2D eigenvalue weighted by atomic mass is 9.85. The Hall–Kier alpha value is -2.12. The van der Waals surface area contributed by atoms with E-state index in [0.717, 1.165) is 5.56 Å². The molecule has 5 nitrogen and oxygen atoms in total. The fourth-order valence-electron chi connectivity index (χ4n) is 2.82. The average Bonchev–Trinajstić information content (AvgIpc) is 2.49. The molecule has 0 spiro atoms. The minimum atomic E-state index is -5.04. The lowest BCUT2D eigenvalue weighted by Crippen LogP contribution is -2.50. The standard InChI is InChI=1S/C15H17F3N2O3/c1-9-5-6-12(19-8-9)20(14(23)15(16,17)18)11-4-2-3-10(7-11)13(21)22/h5-6,8,10-11H,2-4,7H2,1H3,(H,21,22)/t10-,11+/m1/s1. The van der Waals surface area contributed by atoms with E-state index in [-0.39, 0.29) is 12.2 Å². The van der Waals surface area contributed by atoms with E-state index in [0.29, 0.717) is 24.2 Å². The highest BCUT2D eigenvalue weighted by Crippen LogP contribution is 2.33. The molecule has 0 saturated heterocycles. The second-order valence-electron chi connectivity index (χ2n) is 5.72. The number of hydrogen-bond acceptors (Lipinski definition) is 3. The van der Waals surface area contributed by atoms with Crippen LogP contribution in [0.5, 0.6) is 0 Å². The molecule has 0 aromatic carbocycles. The zero-order valence-corrected chi connectivity index (χ0v) is 12.5. The van der Waals surface area contributed by atoms with Crippen molar-refractivity contribution in [3.8, 4) is 0 Å². The Morgan fingerprint density at radius 3 is 2.52 bits per heavy atom. The zero-order valence-electron chi connectivity index (χ0n) is 12.5. The van der Waals surface area contributed by atoms with Crippen molar-refractivity contribution < 1.29 is 27.9 Å². The zero-order chi connectivity index (χ0) is 17.2. The number of aryl methyl sites for hydroxylation is 1. The summed E-state index contributed by atoms with van der Waals surface area (Å²) in [7, 11) is 0. The van der Waals surface area contributed by atoms with E-state index in [1.165, 1.54) is 12.3 Å². The van der Waals surface area contributed by atoms with Gasteiger partial charge in [0.1, 0.15) is 5.82 Å². The van der Waals surface area contributed by atoms with Crippen molar-refractivity contribution in [3.05, 3.63) is 23.9 Å². The molecule has 0 radical (unpaired) electrons. The molecule has 1 fully saturated rings. The van der Waals surface area contributed by atoms with Crippen LogP contribution in [0.25, 0.3) is 0 Å². The number of anilines is 1. The van der Waals surface area contributed by atoms with Gasteiger partial charge < -0.3 is 5.11 Å². The molecule has 23 heavy (non-hydrogen) atoms. The molecule has 0 aliphatic heterocycles. The summed E-state index contributed by atoms with van der Waals surface area (Å²) in [6.45, 7) is 1.73. The van der Waals surface area contributed by atoms with Gasteiger partial charge in [-0.2, -0.15) is 13.2 Å². The number of carbonyl (C=O) groups is 2. The summed E-state index contributed by atoms with van der Waals surface area (Å²) in [5.41, 5.74) is 0.750. The molecule has 126 valence electrons. The number of rotatable bonds is 3. The molecular weight excluding hydrogens is 313 g/mol. The molecule has 1 aliphatic carbocycles. The van der Waals surface area contributed by atoms with Crippen molar-refractivity contribution in [1.29, 1.82) is 0 Å². The van der Waals surface area contributed by atoms with Crippen LogP contribution in [0.2, 0.25) is 0 Å². The molecule has 2 atom stereocenters. The molecule has 1 heterocycles. The Balaban J connectivity index is 2.35. The van der Waals surface area contributed by atoms with Crippen LogP contribution < -0.4 is 4.90 Å². The molecule has 1 aromatic heterocycles. The topological polar surface area (TPSA) is 70.5 Å². The largest absolute Gasteiger partial charge is 0.481 e. The number of carboxylic acids is 1. The summed E-state index contributed by atoms with van der Waals surface area (Å²) in [6.07, 6.45) is -2.49. The van der Waals surface area contributed by atoms with E-state index in [1.807, 2.05) is 0 Å². The number of carboxylic acid groups (broad SMARTS) is 1. The molecule has 1 amide bonds. The van der Waals surface area contributed by atoms with Gasteiger partial charge in [-0.1, -0.05) is 12.5 Å². The van der Waals surface area contributed by atoms with Gasteiger partial charge in [0.2, 0.25) is 0 Å². The SMILES string of the molecule is Cc1ccc(N(C(=O)C(F)(F)F)[C@H]2CCC[C@@H](C(=O)O)C2)nc1. The first-order valence-corrected chi connectivity index (χ1v) is 7.26. The first-order valence-electron chi connectivity index (χ1n) is 7.26. The Morgan fingerprint density at radius 1 is 1.30 bits per heavy atom. The van der Waals surface area contributed by atoms with Crippen LogP contribution in [0, 0.1) is 12.8 Å². The third-order valence-electron chi connectivity index (χ3n) is 3.96. The maximum absolute atomic E-state index is 12.9. The predicted molar refractivity (Wildman–Crippen MR) is 75.9 cm³/mol. The predicted octanol–water partition coefficient (Wildman–Crippen LogP) is 2.93. The molecule has 8 heteroatoms. The van der Waals surface area contributed by atoms with E-state index in [4.69, 9.17) is 5.11 Å². The molecule has 1 aliphatic rings. The molecule has 1 saturated carbocycles. The fraction of sp³-hybridized carbons (Fsp3) is 0.533. The van der Waals surface area contributed by atoms with Crippen LogP contribution in [0.3, 0.4) is 0 Å². The Bertz CT molecular complexity index is 587. The third-order valence-corrected chi connectivity index (χ3v) is 3.96. The monoisotopic (exact) mass is 330 g/mol. The van der Waals surface area contributed by atoms with Crippen LogP contribution in [-0.2, 0) is 9.59 Å². The van der Waals surface area contributed by atoms with Crippen molar-refractivity contribution in [1.82, 2.24) is 4.98 Å². The first-order chi connectivity index (χ1) is 10.7. The highest BCUT2D eigenvalue weighted by atomic mass is 19.4. The highest BCUT2D eigenvalue weighted by Gasteiger charge is 2.47. The van der Waals surface area contributed by atoms with Crippen molar-refractivity contribution in [3.63, 3.8) is 0 Å². The lowest BCUT2D eigenvalue weighted by molar-refractivity contribution is -0.171. The van der Waals surface area contributed by atoms with Gasteiger partial charge in [-0.15, -0.1) is 0 Å². The van der Waals surface area contributed by atoms with Crippen molar-refractivity contribution in [2.24, 2.45) is 5.92 Å². The molecule has 2 rings (SSSR count). The van der Waals surface area contributed by atoms with Gasteiger partial charge >= 0.3 is 18.1 Å². The second-order valence-corrected chi connectivity index (χ2v) is 5.72. The summed E-state index contributed by atoms with van der Waals surface area (Å²) in [5.74, 6) is -3.91. The number of amides is 1. The molecule has 0 bridgehead atoms. The maximum Gasteiger partial charge on any atom is 0.471 e. The van der Waals surface area contributed by atoms with Crippen LogP contribution >= 0.6 is 0 Å². The number of pyridine rings is 1. The van der Waals surface area contributed by atoms with Crippen LogP contribution in [0.1, 0.15) is 31.2 Å². The Morgan fingerprint density at radius 2 is 2.00 bits per heavy atom. The maximum atomic E-state index is 12.9. The summed E-state index contributed by atoms with van der Waals surface area (Å²) in [4.78, 5) is 27.5. The second kappa shape index (κ2) is 6.55. The van der Waals surface area contributed by atoms with Crippen LogP contribution in [0.15, 0.2) is 18.3 Å². The van der Waals surface area contributed by atoms with Crippen molar-refractivity contribution >= 4 is 17.7 Å². The molecule has 1 N–H and O–H groups in total. The smallest absolute Gasteiger partial charge is 0.471 e. The van der Waals surface area contributed by atoms with Gasteiger partial charge in [0.05, 0.1) is 5.92 Å². The summed E-state index contributed by atoms with van der Waals surface area (Å²) >= 11 is 0. The summed E-state index contributed by atoms with van der Waals surface area (Å²) < 4.78 is 38.8. The Labute approximate surface area is 131 Å². The van der Waals surface area contributed by atoms with Gasteiger partial charge in [0.15, 0.2) is 0 Å². The van der Waals surface area contributed by atoms with E-state index in [2.05, 4.69) is 4.98 Å². The highest BCUT2D eigenvalue weighted by molar-refractivity contribution is 5.97. The Kier molecular flexibility index (Phi) is 4.91. The first kappa shape index (κ1) is 17.2. The number of halogens is 3. The molecule has 0 unspecified atom stereocenters. The van der Waals surface area contributed by atoms with E-state index in [1.54, 1.807) is 13.0 Å². The van der Waals surface area contributed by atoms with Crippen molar-refractivity contribution in [2.45, 2.75) is 44.8 Å². The van der Waals surface area contributed by atoms with Gasteiger partial charge in [-0.3, -0.25) is 14.5 Å². The number of aromatic nitrogens is 1. The van der Waals surface area contributed by atoms with E-state index < -0.39 is 30.0 Å². The third kappa shape index (κ3) is 4.00. The fourth-order valence-corrected chi connectivity index (χ4v) is 2.82.